The Hall–Kier alpha value is -2.15. The molecule has 162 valence electrons. The van der Waals surface area contributed by atoms with Crippen LogP contribution < -0.4 is 0 Å². The molecule has 0 aliphatic heterocycles. The second kappa shape index (κ2) is 13.9. The summed E-state index contributed by atoms with van der Waals surface area (Å²) in [5, 5.41) is 10.9. The Morgan fingerprint density at radius 3 is 2.10 bits per heavy atom. The third-order valence-electron chi connectivity index (χ3n) is 4.20. The van der Waals surface area contributed by atoms with Crippen molar-refractivity contribution >= 4 is 29.2 Å². The zero-order chi connectivity index (χ0) is 21.6. The number of benzene rings is 1. The number of ether oxygens (including phenoxy) is 2. The predicted octanol–water partition coefficient (Wildman–Crippen LogP) is 5.61. The lowest BCUT2D eigenvalue weighted by Gasteiger charge is -2.07. The number of nitro benzene ring substituents is 1. The summed E-state index contributed by atoms with van der Waals surface area (Å²) < 4.78 is 10.3. The van der Waals surface area contributed by atoms with Crippen LogP contribution in [0.2, 0.25) is 5.02 Å². The van der Waals surface area contributed by atoms with Gasteiger partial charge in [-0.1, -0.05) is 57.2 Å². The van der Waals surface area contributed by atoms with Crippen LogP contribution in [0.4, 0.5) is 5.69 Å². The van der Waals surface area contributed by atoms with Gasteiger partial charge in [-0.3, -0.25) is 19.7 Å². The fourth-order valence-electron chi connectivity index (χ4n) is 2.60. The summed E-state index contributed by atoms with van der Waals surface area (Å²) in [7, 11) is 0. The molecule has 0 fully saturated rings. The van der Waals surface area contributed by atoms with E-state index in [-0.39, 0.29) is 29.3 Å². The van der Waals surface area contributed by atoms with E-state index in [0.717, 1.165) is 38.5 Å². The van der Waals surface area contributed by atoms with Crippen molar-refractivity contribution in [3.05, 3.63) is 38.9 Å². The van der Waals surface area contributed by atoms with Crippen LogP contribution in [0.1, 0.15) is 70.8 Å². The SMILES string of the molecule is CC(C)COC(=O)CCCCCCCCC(=O)OCc1ccc(Cl)c([N+](=O)[O-])c1. The smallest absolute Gasteiger partial charge is 0.306 e. The average molecular weight is 428 g/mol. The van der Waals surface area contributed by atoms with Crippen LogP contribution in [-0.2, 0) is 25.7 Å². The summed E-state index contributed by atoms with van der Waals surface area (Å²) >= 11 is 5.75. The maximum atomic E-state index is 11.8. The van der Waals surface area contributed by atoms with Crippen LogP contribution in [0, 0.1) is 16.0 Å². The molecule has 1 aromatic carbocycles. The van der Waals surface area contributed by atoms with Crippen molar-refractivity contribution < 1.29 is 24.0 Å². The Morgan fingerprint density at radius 1 is 1.00 bits per heavy atom. The molecule has 0 spiro atoms. The lowest BCUT2D eigenvalue weighted by atomic mass is 10.1. The number of unbranched alkanes of at least 4 members (excludes halogenated alkanes) is 5. The second-order valence-corrected chi connectivity index (χ2v) is 7.81. The van der Waals surface area contributed by atoms with E-state index in [1.165, 1.54) is 12.1 Å². The number of rotatable bonds is 14. The number of hydrogen-bond acceptors (Lipinski definition) is 6. The van der Waals surface area contributed by atoms with Crippen molar-refractivity contribution in [2.75, 3.05) is 6.61 Å². The molecule has 0 aliphatic carbocycles. The lowest BCUT2D eigenvalue weighted by Crippen LogP contribution is -2.09. The molecule has 0 aliphatic rings. The van der Waals surface area contributed by atoms with Crippen LogP contribution in [0.25, 0.3) is 0 Å². The highest BCUT2D eigenvalue weighted by molar-refractivity contribution is 6.32. The maximum absolute atomic E-state index is 11.8. The van der Waals surface area contributed by atoms with Gasteiger partial charge >= 0.3 is 11.9 Å². The van der Waals surface area contributed by atoms with Crippen LogP contribution in [0.15, 0.2) is 18.2 Å². The van der Waals surface area contributed by atoms with Gasteiger partial charge in [-0.05, 0) is 30.4 Å². The van der Waals surface area contributed by atoms with E-state index in [2.05, 4.69) is 0 Å². The van der Waals surface area contributed by atoms with Crippen molar-refractivity contribution in [2.45, 2.75) is 71.8 Å². The number of nitro groups is 1. The van der Waals surface area contributed by atoms with Crippen molar-refractivity contribution in [1.29, 1.82) is 0 Å². The summed E-state index contributed by atoms with van der Waals surface area (Å²) in [6.07, 6.45) is 6.23. The van der Waals surface area contributed by atoms with Gasteiger partial charge in [0.05, 0.1) is 11.5 Å². The Kier molecular flexibility index (Phi) is 12.0. The van der Waals surface area contributed by atoms with E-state index in [9.17, 15) is 19.7 Å². The highest BCUT2D eigenvalue weighted by Crippen LogP contribution is 2.25. The molecular formula is C21H30ClNO6. The molecule has 1 aromatic rings. The van der Waals surface area contributed by atoms with E-state index >= 15 is 0 Å². The average Bonchev–Trinajstić information content (AvgIpc) is 2.67. The first-order valence-corrected chi connectivity index (χ1v) is 10.4. The maximum Gasteiger partial charge on any atom is 0.306 e. The lowest BCUT2D eigenvalue weighted by molar-refractivity contribution is -0.384. The van der Waals surface area contributed by atoms with Crippen LogP contribution in [0.3, 0.4) is 0 Å². The minimum atomic E-state index is -0.567. The first-order chi connectivity index (χ1) is 13.8. The van der Waals surface area contributed by atoms with E-state index in [1.54, 1.807) is 6.07 Å². The molecule has 0 heterocycles. The molecule has 0 saturated heterocycles. The third-order valence-corrected chi connectivity index (χ3v) is 4.52. The van der Waals surface area contributed by atoms with Gasteiger partial charge in [-0.2, -0.15) is 0 Å². The van der Waals surface area contributed by atoms with E-state index < -0.39 is 4.92 Å². The van der Waals surface area contributed by atoms with Crippen molar-refractivity contribution in [2.24, 2.45) is 5.92 Å². The molecule has 0 aromatic heterocycles. The quantitative estimate of drug-likeness (QED) is 0.166. The first kappa shape index (κ1) is 24.9. The number of esters is 2. The second-order valence-electron chi connectivity index (χ2n) is 7.40. The van der Waals surface area contributed by atoms with Crippen LogP contribution in [0.5, 0.6) is 0 Å². The van der Waals surface area contributed by atoms with Gasteiger partial charge in [-0.15, -0.1) is 0 Å². The van der Waals surface area contributed by atoms with Crippen LogP contribution >= 0.6 is 11.6 Å². The van der Waals surface area contributed by atoms with Crippen molar-refractivity contribution in [3.63, 3.8) is 0 Å². The molecule has 7 nitrogen and oxygen atoms in total. The molecule has 0 amide bonds. The Morgan fingerprint density at radius 2 is 1.55 bits per heavy atom. The highest BCUT2D eigenvalue weighted by atomic mass is 35.5. The molecule has 8 heteroatoms. The van der Waals surface area contributed by atoms with Gasteiger partial charge < -0.3 is 9.47 Å². The molecular weight excluding hydrogens is 398 g/mol. The molecule has 0 N–H and O–H groups in total. The van der Waals surface area contributed by atoms with E-state index in [4.69, 9.17) is 21.1 Å². The summed E-state index contributed by atoms with van der Waals surface area (Å²) in [5.74, 6) is -0.0988. The molecule has 0 radical (unpaired) electrons. The molecule has 0 unspecified atom stereocenters. The standard InChI is InChI=1S/C21H30ClNO6/c1-16(2)14-28-20(24)9-7-5-3-4-6-8-10-21(25)29-15-17-11-12-18(22)19(13-17)23(26)27/h11-13,16H,3-10,14-15H2,1-2H3. The van der Waals surface area contributed by atoms with Gasteiger partial charge in [0.25, 0.3) is 5.69 Å². The van der Waals surface area contributed by atoms with Crippen LogP contribution in [-0.4, -0.2) is 23.5 Å². The predicted molar refractivity (Wildman–Crippen MR) is 111 cm³/mol. The molecule has 0 atom stereocenters. The fourth-order valence-corrected chi connectivity index (χ4v) is 2.79. The zero-order valence-corrected chi connectivity index (χ0v) is 17.9. The number of nitrogens with zero attached hydrogens (tertiary/aromatic N) is 1. The van der Waals surface area contributed by atoms with Gasteiger partial charge in [0.1, 0.15) is 11.6 Å². The van der Waals surface area contributed by atoms with E-state index in [1.807, 2.05) is 13.8 Å². The first-order valence-electron chi connectivity index (χ1n) is 10.0. The monoisotopic (exact) mass is 427 g/mol. The summed E-state index contributed by atoms with van der Waals surface area (Å²) in [4.78, 5) is 33.6. The Labute approximate surface area is 176 Å². The Bertz CT molecular complexity index is 677. The number of carbonyl (C=O) groups is 2. The number of carbonyl (C=O) groups excluding carboxylic acids is 2. The van der Waals surface area contributed by atoms with E-state index in [0.29, 0.717) is 30.9 Å². The highest BCUT2D eigenvalue weighted by Gasteiger charge is 2.13. The third kappa shape index (κ3) is 11.4. The number of halogens is 1. The molecule has 0 saturated carbocycles. The fraction of sp³-hybridized carbons (Fsp3) is 0.619. The molecule has 0 bridgehead atoms. The summed E-state index contributed by atoms with van der Waals surface area (Å²) in [5.41, 5.74) is 0.328. The largest absolute Gasteiger partial charge is 0.465 e. The normalized spacial score (nSPS) is 10.8. The number of hydrogen-bond donors (Lipinski definition) is 0. The minimum Gasteiger partial charge on any atom is -0.465 e. The topological polar surface area (TPSA) is 95.7 Å². The Balaban J connectivity index is 2.07. The van der Waals surface area contributed by atoms with Gasteiger partial charge in [0.15, 0.2) is 0 Å². The van der Waals surface area contributed by atoms with Gasteiger partial charge in [0, 0.05) is 18.9 Å². The van der Waals surface area contributed by atoms with Gasteiger partial charge in [-0.25, -0.2) is 0 Å². The zero-order valence-electron chi connectivity index (χ0n) is 17.2. The van der Waals surface area contributed by atoms with Crippen molar-refractivity contribution in [1.82, 2.24) is 0 Å². The summed E-state index contributed by atoms with van der Waals surface area (Å²) in [6, 6.07) is 4.34. The molecule has 29 heavy (non-hydrogen) atoms. The van der Waals surface area contributed by atoms with Gasteiger partial charge in [0.2, 0.25) is 0 Å². The minimum absolute atomic E-state index is 0.0102. The summed E-state index contributed by atoms with van der Waals surface area (Å²) in [6.45, 7) is 4.48. The molecule has 1 rings (SSSR count). The van der Waals surface area contributed by atoms with Crippen molar-refractivity contribution in [3.8, 4) is 0 Å².